The number of sulfonamides is 1. The van der Waals surface area contributed by atoms with Gasteiger partial charge in [-0.25, -0.2) is 13.1 Å². The molecule has 2 N–H and O–H groups in total. The molecule has 1 aromatic carbocycles. The highest BCUT2D eigenvalue weighted by Crippen LogP contribution is 2.30. The fraction of sp³-hybridized carbons (Fsp3) is 0.562. The quantitative estimate of drug-likeness (QED) is 0.647. The second kappa shape index (κ2) is 9.19. The van der Waals surface area contributed by atoms with E-state index in [2.05, 4.69) is 12.2 Å². The van der Waals surface area contributed by atoms with Crippen molar-refractivity contribution in [2.75, 3.05) is 6.54 Å². The molecular weight excluding hydrogens is 357 g/mol. The van der Waals surface area contributed by atoms with Crippen molar-refractivity contribution in [1.29, 1.82) is 0 Å². The number of carbonyl (C=O) groups excluding carboxylic acids is 1. The van der Waals surface area contributed by atoms with Crippen LogP contribution in [0.25, 0.3) is 0 Å². The molecule has 25 heavy (non-hydrogen) atoms. The van der Waals surface area contributed by atoms with Crippen LogP contribution in [0.3, 0.4) is 0 Å². The molecule has 0 aliphatic rings. The molecule has 0 saturated carbocycles. The van der Waals surface area contributed by atoms with Crippen LogP contribution in [0, 0.1) is 0 Å². The van der Waals surface area contributed by atoms with Gasteiger partial charge in [-0.1, -0.05) is 32.3 Å². The fourth-order valence-electron chi connectivity index (χ4n) is 2.18. The van der Waals surface area contributed by atoms with E-state index < -0.39 is 39.1 Å². The summed E-state index contributed by atoms with van der Waals surface area (Å²) >= 11 is 0. The first-order chi connectivity index (χ1) is 11.6. The summed E-state index contributed by atoms with van der Waals surface area (Å²) < 4.78 is 64.1. The predicted molar refractivity (Wildman–Crippen MR) is 88.4 cm³/mol. The Bertz CT molecular complexity index is 675. The number of nitrogens with one attached hydrogen (secondary N) is 2. The summed E-state index contributed by atoms with van der Waals surface area (Å²) in [4.78, 5) is 11.2. The molecule has 5 nitrogen and oxygen atoms in total. The molecule has 0 aromatic heterocycles. The first-order valence-corrected chi connectivity index (χ1v) is 9.51. The lowest BCUT2D eigenvalue weighted by Crippen LogP contribution is -2.40. The van der Waals surface area contributed by atoms with Gasteiger partial charge >= 0.3 is 6.18 Å². The van der Waals surface area contributed by atoms with Gasteiger partial charge in [0, 0.05) is 6.04 Å². The largest absolute Gasteiger partial charge is 0.416 e. The third-order valence-corrected chi connectivity index (χ3v) is 4.94. The Morgan fingerprint density at radius 3 is 2.52 bits per heavy atom. The minimum absolute atomic E-state index is 0.0999. The Morgan fingerprint density at radius 2 is 1.92 bits per heavy atom. The summed E-state index contributed by atoms with van der Waals surface area (Å²) in [6.07, 6.45) is -0.815. The van der Waals surface area contributed by atoms with E-state index >= 15 is 0 Å². The van der Waals surface area contributed by atoms with Crippen LogP contribution in [0.2, 0.25) is 0 Å². The molecule has 0 saturated heterocycles. The van der Waals surface area contributed by atoms with E-state index in [1.807, 2.05) is 11.6 Å². The van der Waals surface area contributed by atoms with Gasteiger partial charge < -0.3 is 5.32 Å². The normalized spacial score (nSPS) is 13.5. The molecule has 0 fully saturated rings. The van der Waals surface area contributed by atoms with Crippen molar-refractivity contribution in [2.45, 2.75) is 56.6 Å². The molecule has 0 radical (unpaired) electrons. The van der Waals surface area contributed by atoms with Crippen LogP contribution >= 0.6 is 0 Å². The average molecular weight is 380 g/mol. The molecule has 0 aliphatic heterocycles. The van der Waals surface area contributed by atoms with Gasteiger partial charge in [0.15, 0.2) is 0 Å². The summed E-state index contributed by atoms with van der Waals surface area (Å²) in [5.74, 6) is -0.528. The van der Waals surface area contributed by atoms with Crippen molar-refractivity contribution in [3.63, 3.8) is 0 Å². The Hall–Kier alpha value is -1.61. The molecular formula is C16H23F3N2O3S. The van der Waals surface area contributed by atoms with E-state index in [0.29, 0.717) is 6.07 Å². The molecule has 1 atom stereocenters. The number of hydrogen-bond donors (Lipinski definition) is 2. The van der Waals surface area contributed by atoms with Crippen LogP contribution in [0.5, 0.6) is 0 Å². The number of amides is 1. The second-order valence-electron chi connectivity index (χ2n) is 5.81. The lowest BCUT2D eigenvalue weighted by Gasteiger charge is -2.14. The molecule has 0 bridgehead atoms. The molecule has 0 heterocycles. The maximum atomic E-state index is 12.7. The van der Waals surface area contributed by atoms with Crippen LogP contribution in [-0.2, 0) is 21.0 Å². The van der Waals surface area contributed by atoms with E-state index in [1.54, 1.807) is 0 Å². The maximum Gasteiger partial charge on any atom is 0.416 e. The second-order valence-corrected chi connectivity index (χ2v) is 7.58. The van der Waals surface area contributed by atoms with Crippen LogP contribution in [0.15, 0.2) is 29.2 Å². The van der Waals surface area contributed by atoms with Gasteiger partial charge in [-0.3, -0.25) is 4.79 Å². The van der Waals surface area contributed by atoms with E-state index in [9.17, 15) is 26.4 Å². The van der Waals surface area contributed by atoms with E-state index in [-0.39, 0.29) is 6.04 Å². The Balaban J connectivity index is 2.62. The van der Waals surface area contributed by atoms with E-state index in [4.69, 9.17) is 0 Å². The zero-order valence-electron chi connectivity index (χ0n) is 14.2. The fourth-order valence-corrected chi connectivity index (χ4v) is 3.21. The number of hydrogen-bond acceptors (Lipinski definition) is 3. The standard InChI is InChI=1S/C16H23F3N2O3S/c1-3-4-5-7-12(2)21-15(22)11-20-25(23,24)14-9-6-8-13(10-14)16(17,18)19/h6,8-10,12,20H,3-5,7,11H2,1-2H3,(H,21,22). The van der Waals surface area contributed by atoms with Gasteiger partial charge in [0.25, 0.3) is 0 Å². The Kier molecular flexibility index (Phi) is 7.88. The molecule has 1 rings (SSSR count). The Morgan fingerprint density at radius 1 is 1.24 bits per heavy atom. The SMILES string of the molecule is CCCCCC(C)NC(=O)CNS(=O)(=O)c1cccc(C(F)(F)F)c1. The number of rotatable bonds is 9. The van der Waals surface area contributed by atoms with Crippen LogP contribution < -0.4 is 10.0 Å². The zero-order valence-corrected chi connectivity index (χ0v) is 15.0. The van der Waals surface area contributed by atoms with E-state index in [1.165, 1.54) is 0 Å². The van der Waals surface area contributed by atoms with Crippen LogP contribution in [0.4, 0.5) is 13.2 Å². The third-order valence-electron chi connectivity index (χ3n) is 3.54. The minimum atomic E-state index is -4.64. The topological polar surface area (TPSA) is 75.3 Å². The maximum absolute atomic E-state index is 12.7. The molecule has 9 heteroatoms. The van der Waals surface area contributed by atoms with Crippen molar-refractivity contribution in [3.8, 4) is 0 Å². The summed E-state index contributed by atoms with van der Waals surface area (Å²) in [6.45, 7) is 3.34. The minimum Gasteiger partial charge on any atom is -0.353 e. The van der Waals surface area contributed by atoms with Gasteiger partial charge in [-0.2, -0.15) is 13.2 Å². The predicted octanol–water partition coefficient (Wildman–Crippen LogP) is 3.07. The highest BCUT2D eigenvalue weighted by atomic mass is 32.2. The zero-order chi connectivity index (χ0) is 19.1. The highest BCUT2D eigenvalue weighted by Gasteiger charge is 2.31. The smallest absolute Gasteiger partial charge is 0.353 e. The van der Waals surface area contributed by atoms with Gasteiger partial charge in [-0.05, 0) is 31.5 Å². The van der Waals surface area contributed by atoms with Gasteiger partial charge in [0.1, 0.15) is 0 Å². The monoisotopic (exact) mass is 380 g/mol. The number of unbranched alkanes of at least 4 members (excludes halogenated alkanes) is 2. The van der Waals surface area contributed by atoms with Crippen molar-refractivity contribution < 1.29 is 26.4 Å². The number of benzene rings is 1. The molecule has 142 valence electrons. The number of halogens is 3. The van der Waals surface area contributed by atoms with Crippen molar-refractivity contribution in [1.82, 2.24) is 10.0 Å². The van der Waals surface area contributed by atoms with Crippen molar-refractivity contribution in [2.24, 2.45) is 0 Å². The van der Waals surface area contributed by atoms with Crippen LogP contribution in [0.1, 0.15) is 45.1 Å². The van der Waals surface area contributed by atoms with Crippen LogP contribution in [-0.4, -0.2) is 26.9 Å². The highest BCUT2D eigenvalue weighted by molar-refractivity contribution is 7.89. The molecule has 1 unspecified atom stereocenters. The molecule has 1 aromatic rings. The number of alkyl halides is 3. The lowest BCUT2D eigenvalue weighted by atomic mass is 10.1. The molecule has 1 amide bonds. The summed E-state index contributed by atoms with van der Waals surface area (Å²) in [5, 5.41) is 2.65. The van der Waals surface area contributed by atoms with Crippen molar-refractivity contribution >= 4 is 15.9 Å². The Labute approximate surface area is 146 Å². The molecule has 0 spiro atoms. The first kappa shape index (κ1) is 21.4. The number of carbonyl (C=O) groups is 1. The van der Waals surface area contributed by atoms with Gasteiger partial charge in [0.05, 0.1) is 17.0 Å². The summed E-state index contributed by atoms with van der Waals surface area (Å²) in [7, 11) is -4.21. The summed E-state index contributed by atoms with van der Waals surface area (Å²) in [5.41, 5.74) is -1.07. The van der Waals surface area contributed by atoms with Gasteiger partial charge in [0.2, 0.25) is 15.9 Å². The summed E-state index contributed by atoms with van der Waals surface area (Å²) in [6, 6.07) is 3.27. The average Bonchev–Trinajstić information content (AvgIpc) is 2.53. The lowest BCUT2D eigenvalue weighted by molar-refractivity contribution is -0.137. The third kappa shape index (κ3) is 7.43. The van der Waals surface area contributed by atoms with Crippen molar-refractivity contribution in [3.05, 3.63) is 29.8 Å². The molecule has 0 aliphatic carbocycles. The van der Waals surface area contributed by atoms with E-state index in [0.717, 1.165) is 43.9 Å². The van der Waals surface area contributed by atoms with Gasteiger partial charge in [-0.15, -0.1) is 0 Å². The first-order valence-electron chi connectivity index (χ1n) is 8.02.